The van der Waals surface area contributed by atoms with Crippen LogP contribution in [-0.2, 0) is 7.05 Å². The predicted molar refractivity (Wildman–Crippen MR) is 60.5 cm³/mol. The molecule has 6 heteroatoms. The van der Waals surface area contributed by atoms with Crippen molar-refractivity contribution in [1.82, 2.24) is 25.0 Å². The fourth-order valence-electron chi connectivity index (χ4n) is 1.78. The van der Waals surface area contributed by atoms with Crippen molar-refractivity contribution in [3.63, 3.8) is 0 Å². The van der Waals surface area contributed by atoms with E-state index in [1.54, 1.807) is 11.0 Å². The van der Waals surface area contributed by atoms with Gasteiger partial charge in [0.15, 0.2) is 11.6 Å². The summed E-state index contributed by atoms with van der Waals surface area (Å²) in [4.78, 5) is 4.10. The van der Waals surface area contributed by atoms with Crippen molar-refractivity contribution in [3.05, 3.63) is 24.5 Å². The van der Waals surface area contributed by atoms with Crippen LogP contribution in [0.15, 0.2) is 24.5 Å². The summed E-state index contributed by atoms with van der Waals surface area (Å²) in [5.41, 5.74) is 7.74. The molecule has 2 aromatic heterocycles. The van der Waals surface area contributed by atoms with E-state index >= 15 is 0 Å². The molecule has 3 aromatic rings. The molecule has 0 radical (unpaired) electrons. The molecule has 3 N–H and O–H groups in total. The molecule has 0 spiro atoms. The maximum absolute atomic E-state index is 5.82. The average molecular weight is 214 g/mol. The van der Waals surface area contributed by atoms with Crippen LogP contribution >= 0.6 is 0 Å². The number of hydrogen-bond donors (Lipinski definition) is 2. The molecule has 80 valence electrons. The number of hydrogen-bond acceptors (Lipinski definition) is 4. The molecule has 0 saturated heterocycles. The van der Waals surface area contributed by atoms with Crippen molar-refractivity contribution in [2.75, 3.05) is 5.73 Å². The molecule has 0 saturated carbocycles. The van der Waals surface area contributed by atoms with Gasteiger partial charge in [-0.1, -0.05) is 0 Å². The Morgan fingerprint density at radius 1 is 1.38 bits per heavy atom. The molecule has 0 aliphatic heterocycles. The molecule has 0 unspecified atom stereocenters. The molecule has 0 fully saturated rings. The zero-order chi connectivity index (χ0) is 11.1. The molecule has 0 amide bonds. The summed E-state index contributed by atoms with van der Waals surface area (Å²) in [6.07, 6.45) is 1.55. The van der Waals surface area contributed by atoms with Crippen LogP contribution in [0.4, 0.5) is 5.82 Å². The first-order valence-electron chi connectivity index (χ1n) is 4.84. The quantitative estimate of drug-likeness (QED) is 0.631. The third kappa shape index (κ3) is 1.16. The van der Waals surface area contributed by atoms with E-state index in [9.17, 15) is 0 Å². The van der Waals surface area contributed by atoms with Crippen LogP contribution in [0.25, 0.3) is 22.3 Å². The topological polar surface area (TPSA) is 85.4 Å². The Morgan fingerprint density at radius 2 is 2.25 bits per heavy atom. The van der Waals surface area contributed by atoms with Crippen molar-refractivity contribution in [1.29, 1.82) is 0 Å². The third-order valence-corrected chi connectivity index (χ3v) is 2.55. The summed E-state index contributed by atoms with van der Waals surface area (Å²) in [7, 11) is 1.87. The van der Waals surface area contributed by atoms with Gasteiger partial charge >= 0.3 is 0 Å². The van der Waals surface area contributed by atoms with Crippen LogP contribution < -0.4 is 5.73 Å². The van der Waals surface area contributed by atoms with Crippen molar-refractivity contribution < 1.29 is 0 Å². The Labute approximate surface area is 91.1 Å². The monoisotopic (exact) mass is 214 g/mol. The zero-order valence-corrected chi connectivity index (χ0v) is 8.68. The van der Waals surface area contributed by atoms with Crippen LogP contribution in [0.5, 0.6) is 0 Å². The van der Waals surface area contributed by atoms with E-state index in [1.807, 2.05) is 25.2 Å². The van der Waals surface area contributed by atoms with Gasteiger partial charge in [0.25, 0.3) is 0 Å². The van der Waals surface area contributed by atoms with Crippen molar-refractivity contribution >= 4 is 16.7 Å². The van der Waals surface area contributed by atoms with Gasteiger partial charge in [-0.15, -0.1) is 0 Å². The number of nitrogen functional groups attached to an aromatic ring is 1. The minimum Gasteiger partial charge on any atom is -0.382 e. The van der Waals surface area contributed by atoms with Crippen molar-refractivity contribution in [2.24, 2.45) is 7.05 Å². The summed E-state index contributed by atoms with van der Waals surface area (Å²) >= 11 is 0. The molecule has 3 rings (SSSR count). The predicted octanol–water partition coefficient (Wildman–Crippen LogP) is 0.941. The van der Waals surface area contributed by atoms with Crippen molar-refractivity contribution in [2.45, 2.75) is 0 Å². The SMILES string of the molecule is Cn1nc(N)c2cc(-c3nc[nH]n3)ccc21. The molecule has 6 nitrogen and oxygen atoms in total. The standard InChI is InChI=1S/C10H10N6/c1-16-8-3-2-6(10-12-5-13-14-10)4-7(8)9(11)15-16/h2-5H,1H3,(H2,11,15)(H,12,13,14). The lowest BCUT2D eigenvalue weighted by Gasteiger charge is -1.97. The summed E-state index contributed by atoms with van der Waals surface area (Å²) in [5.74, 6) is 1.18. The Hall–Kier alpha value is -2.37. The largest absolute Gasteiger partial charge is 0.382 e. The van der Waals surface area contributed by atoms with E-state index < -0.39 is 0 Å². The number of aryl methyl sites for hydroxylation is 1. The van der Waals surface area contributed by atoms with E-state index in [0.29, 0.717) is 11.6 Å². The number of nitrogens with one attached hydrogen (secondary N) is 1. The molecule has 0 aliphatic carbocycles. The normalized spacial score (nSPS) is 11.1. The molecule has 16 heavy (non-hydrogen) atoms. The number of nitrogens with two attached hydrogens (primary N) is 1. The second-order valence-electron chi connectivity index (χ2n) is 3.56. The second kappa shape index (κ2) is 3.06. The molecule has 1 aromatic carbocycles. The Kier molecular flexibility index (Phi) is 1.70. The van der Waals surface area contributed by atoms with Crippen LogP contribution in [0.1, 0.15) is 0 Å². The highest BCUT2D eigenvalue weighted by Gasteiger charge is 2.08. The van der Waals surface area contributed by atoms with Crippen molar-refractivity contribution in [3.8, 4) is 11.4 Å². The van der Waals surface area contributed by atoms with Gasteiger partial charge in [-0.2, -0.15) is 10.2 Å². The van der Waals surface area contributed by atoms with Gasteiger partial charge in [0.05, 0.1) is 5.52 Å². The fourth-order valence-corrected chi connectivity index (χ4v) is 1.78. The molecule has 0 aliphatic rings. The Balaban J connectivity index is 2.27. The highest BCUT2D eigenvalue weighted by atomic mass is 15.3. The number of benzene rings is 1. The summed E-state index contributed by atoms with van der Waals surface area (Å²) in [6, 6.07) is 5.86. The number of fused-ring (bicyclic) bond motifs is 1. The molecule has 2 heterocycles. The summed E-state index contributed by atoms with van der Waals surface area (Å²) in [6.45, 7) is 0. The maximum atomic E-state index is 5.82. The summed E-state index contributed by atoms with van der Waals surface area (Å²) < 4.78 is 1.76. The average Bonchev–Trinajstić information content (AvgIpc) is 2.88. The first kappa shape index (κ1) is 8.90. The maximum Gasteiger partial charge on any atom is 0.180 e. The Bertz CT molecular complexity index is 637. The highest BCUT2D eigenvalue weighted by molar-refractivity contribution is 5.92. The van der Waals surface area contributed by atoms with Crippen LogP contribution in [0, 0.1) is 0 Å². The fraction of sp³-hybridized carbons (Fsp3) is 0.100. The van der Waals surface area contributed by atoms with E-state index in [4.69, 9.17) is 5.73 Å². The van der Waals surface area contributed by atoms with E-state index in [2.05, 4.69) is 20.3 Å². The van der Waals surface area contributed by atoms with Crippen LogP contribution in [0.3, 0.4) is 0 Å². The first-order valence-corrected chi connectivity index (χ1v) is 4.84. The van der Waals surface area contributed by atoms with Gasteiger partial charge < -0.3 is 5.73 Å². The van der Waals surface area contributed by atoms with Gasteiger partial charge in [-0.25, -0.2) is 4.98 Å². The lowest BCUT2D eigenvalue weighted by Crippen LogP contribution is -1.91. The smallest absolute Gasteiger partial charge is 0.180 e. The minimum absolute atomic E-state index is 0.523. The van der Waals surface area contributed by atoms with Crippen LogP contribution in [-0.4, -0.2) is 25.0 Å². The first-order chi connectivity index (χ1) is 7.75. The number of H-pyrrole nitrogens is 1. The van der Waals surface area contributed by atoms with E-state index in [1.165, 1.54) is 0 Å². The number of rotatable bonds is 1. The number of nitrogens with zero attached hydrogens (tertiary/aromatic N) is 4. The molecule has 0 atom stereocenters. The lowest BCUT2D eigenvalue weighted by molar-refractivity contribution is 0.802. The van der Waals surface area contributed by atoms with Gasteiger partial charge in [0.2, 0.25) is 0 Å². The Morgan fingerprint density at radius 3 is 3.00 bits per heavy atom. The number of aromatic nitrogens is 5. The molecule has 0 bridgehead atoms. The van der Waals surface area contributed by atoms with Gasteiger partial charge in [0, 0.05) is 18.0 Å². The van der Waals surface area contributed by atoms with E-state index in [-0.39, 0.29) is 0 Å². The number of aromatic amines is 1. The van der Waals surface area contributed by atoms with Gasteiger partial charge in [-0.3, -0.25) is 9.78 Å². The van der Waals surface area contributed by atoms with Gasteiger partial charge in [0.1, 0.15) is 6.33 Å². The molecular formula is C10H10N6. The zero-order valence-electron chi connectivity index (χ0n) is 8.68. The minimum atomic E-state index is 0.523. The highest BCUT2D eigenvalue weighted by Crippen LogP contribution is 2.24. The third-order valence-electron chi connectivity index (χ3n) is 2.55. The van der Waals surface area contributed by atoms with E-state index in [0.717, 1.165) is 16.5 Å². The van der Waals surface area contributed by atoms with Gasteiger partial charge in [-0.05, 0) is 18.2 Å². The lowest BCUT2D eigenvalue weighted by atomic mass is 10.1. The summed E-state index contributed by atoms with van der Waals surface area (Å²) in [5, 5.41) is 11.8. The second-order valence-corrected chi connectivity index (χ2v) is 3.56. The molecular weight excluding hydrogens is 204 g/mol. The number of anilines is 1. The van der Waals surface area contributed by atoms with Crippen LogP contribution in [0.2, 0.25) is 0 Å².